The summed E-state index contributed by atoms with van der Waals surface area (Å²) in [6, 6.07) is 7.74. The van der Waals surface area contributed by atoms with Crippen LogP contribution in [-0.2, 0) is 4.74 Å². The van der Waals surface area contributed by atoms with Gasteiger partial charge in [0, 0.05) is 6.42 Å². The molecule has 20 heavy (non-hydrogen) atoms. The van der Waals surface area contributed by atoms with Crippen LogP contribution in [0.2, 0.25) is 0 Å². The first kappa shape index (κ1) is 15.1. The highest BCUT2D eigenvalue weighted by Crippen LogP contribution is 2.16. The molecule has 0 bridgehead atoms. The molecular weight excluding hydrogens is 254 g/mol. The van der Waals surface area contributed by atoms with Crippen LogP contribution in [0.15, 0.2) is 24.3 Å². The van der Waals surface area contributed by atoms with Gasteiger partial charge in [-0.25, -0.2) is 0 Å². The molecule has 2 rings (SSSR count). The van der Waals surface area contributed by atoms with Crippen molar-refractivity contribution in [3.8, 4) is 11.5 Å². The minimum atomic E-state index is 0.372. The average Bonchev–Trinajstić information content (AvgIpc) is 2.43. The molecule has 1 saturated heterocycles. The predicted octanol–water partition coefficient (Wildman–Crippen LogP) is 1.16. The number of ether oxygens (including phenoxy) is 3. The van der Waals surface area contributed by atoms with Crippen LogP contribution in [0.1, 0.15) is 20.3 Å². The average molecular weight is 280 g/mol. The second-order valence-corrected chi connectivity index (χ2v) is 5.54. The van der Waals surface area contributed by atoms with Gasteiger partial charge in [0.2, 0.25) is 0 Å². The zero-order valence-corrected chi connectivity index (χ0v) is 12.7. The Bertz CT molecular complexity index is 383. The second-order valence-electron chi connectivity index (χ2n) is 5.54. The monoisotopic (exact) mass is 280 g/mol. The Morgan fingerprint density at radius 3 is 2.30 bits per heavy atom. The maximum Gasteiger partial charge on any atom is 0.119 e. The van der Waals surface area contributed by atoms with Gasteiger partial charge < -0.3 is 19.1 Å². The first-order chi connectivity index (χ1) is 9.67. The van der Waals surface area contributed by atoms with E-state index in [1.807, 2.05) is 24.3 Å². The molecule has 1 aliphatic rings. The third-order valence-electron chi connectivity index (χ3n) is 3.62. The van der Waals surface area contributed by atoms with Gasteiger partial charge in [0.1, 0.15) is 36.8 Å². The van der Waals surface area contributed by atoms with Crippen LogP contribution < -0.4 is 14.4 Å². The fourth-order valence-electron chi connectivity index (χ4n) is 2.78. The van der Waals surface area contributed by atoms with E-state index in [0.29, 0.717) is 12.2 Å². The Balaban J connectivity index is 1.65. The largest absolute Gasteiger partial charge is 0.497 e. The summed E-state index contributed by atoms with van der Waals surface area (Å²) in [7, 11) is 1.67. The highest BCUT2D eigenvalue weighted by molar-refractivity contribution is 5.31. The summed E-state index contributed by atoms with van der Waals surface area (Å²) in [5, 5.41) is 0. The van der Waals surface area contributed by atoms with Gasteiger partial charge in [-0.2, -0.15) is 0 Å². The summed E-state index contributed by atoms with van der Waals surface area (Å²) in [5.41, 5.74) is 0. The lowest BCUT2D eigenvalue weighted by Crippen LogP contribution is -3.15. The van der Waals surface area contributed by atoms with E-state index in [1.165, 1.54) is 0 Å². The summed E-state index contributed by atoms with van der Waals surface area (Å²) in [4.78, 5) is 1.62. The van der Waals surface area contributed by atoms with Crippen molar-refractivity contribution in [2.75, 3.05) is 33.4 Å². The fraction of sp³-hybridized carbons (Fsp3) is 0.625. The van der Waals surface area contributed by atoms with Crippen LogP contribution >= 0.6 is 0 Å². The Hall–Kier alpha value is -1.26. The van der Waals surface area contributed by atoms with Gasteiger partial charge in [0.15, 0.2) is 0 Å². The first-order valence-corrected chi connectivity index (χ1v) is 7.43. The van der Waals surface area contributed by atoms with Crippen molar-refractivity contribution in [2.24, 2.45) is 0 Å². The van der Waals surface area contributed by atoms with E-state index in [4.69, 9.17) is 14.2 Å². The molecule has 1 aromatic rings. The fourth-order valence-corrected chi connectivity index (χ4v) is 2.78. The van der Waals surface area contributed by atoms with Crippen LogP contribution in [0, 0.1) is 0 Å². The Kier molecular flexibility index (Phi) is 5.68. The molecule has 4 heteroatoms. The molecule has 0 radical (unpaired) electrons. The lowest BCUT2D eigenvalue weighted by molar-refractivity contribution is -0.915. The van der Waals surface area contributed by atoms with Crippen LogP contribution in [0.5, 0.6) is 11.5 Å². The molecule has 0 spiro atoms. The number of hydrogen-bond acceptors (Lipinski definition) is 3. The Morgan fingerprint density at radius 1 is 1.10 bits per heavy atom. The Labute approximate surface area is 121 Å². The molecule has 2 atom stereocenters. The van der Waals surface area contributed by atoms with Gasteiger partial charge in [0.25, 0.3) is 0 Å². The van der Waals surface area contributed by atoms with Gasteiger partial charge in [-0.3, -0.25) is 0 Å². The maximum atomic E-state index is 5.75. The van der Waals surface area contributed by atoms with Gasteiger partial charge >= 0.3 is 0 Å². The van der Waals surface area contributed by atoms with Crippen LogP contribution in [0.3, 0.4) is 0 Å². The van der Waals surface area contributed by atoms with Crippen molar-refractivity contribution in [1.82, 2.24) is 0 Å². The van der Waals surface area contributed by atoms with E-state index in [0.717, 1.165) is 44.2 Å². The predicted molar refractivity (Wildman–Crippen MR) is 78.7 cm³/mol. The molecule has 1 N–H and O–H groups in total. The molecule has 0 amide bonds. The van der Waals surface area contributed by atoms with Crippen LogP contribution in [0.4, 0.5) is 0 Å². The number of morpholine rings is 1. The number of quaternary nitrogens is 1. The lowest BCUT2D eigenvalue weighted by Gasteiger charge is -2.32. The zero-order chi connectivity index (χ0) is 14.4. The molecule has 0 saturated carbocycles. The number of nitrogens with one attached hydrogen (secondary N) is 1. The van der Waals surface area contributed by atoms with Gasteiger partial charge in [-0.05, 0) is 38.1 Å². The molecule has 1 fully saturated rings. The molecule has 4 nitrogen and oxygen atoms in total. The molecule has 112 valence electrons. The van der Waals surface area contributed by atoms with Crippen molar-refractivity contribution < 1.29 is 19.1 Å². The summed E-state index contributed by atoms with van der Waals surface area (Å²) in [6.45, 7) is 8.43. The van der Waals surface area contributed by atoms with Crippen molar-refractivity contribution in [2.45, 2.75) is 32.5 Å². The minimum absolute atomic E-state index is 0.372. The van der Waals surface area contributed by atoms with Gasteiger partial charge in [-0.1, -0.05) is 0 Å². The van der Waals surface area contributed by atoms with E-state index in [-0.39, 0.29) is 0 Å². The summed E-state index contributed by atoms with van der Waals surface area (Å²) >= 11 is 0. The zero-order valence-electron chi connectivity index (χ0n) is 12.7. The van der Waals surface area contributed by atoms with Crippen molar-refractivity contribution in [1.29, 1.82) is 0 Å². The van der Waals surface area contributed by atoms with E-state index in [1.54, 1.807) is 12.0 Å². The van der Waals surface area contributed by atoms with Gasteiger partial charge in [-0.15, -0.1) is 0 Å². The standard InChI is InChI=1S/C16H25NO3/c1-13-11-17(12-14(2)20-13)9-4-10-19-16-7-5-15(18-3)6-8-16/h5-8,13-14H,4,9-12H2,1-3H3/p+1/t13-,14-/m0/s1. The smallest absolute Gasteiger partial charge is 0.119 e. The molecule has 1 aromatic carbocycles. The number of rotatable bonds is 6. The summed E-state index contributed by atoms with van der Waals surface area (Å²) in [6.07, 6.45) is 1.81. The number of hydrogen-bond donors (Lipinski definition) is 1. The van der Waals surface area contributed by atoms with Crippen LogP contribution in [0.25, 0.3) is 0 Å². The molecule has 1 aliphatic heterocycles. The van der Waals surface area contributed by atoms with Gasteiger partial charge in [0.05, 0.1) is 20.3 Å². The normalized spacial score (nSPS) is 26.2. The van der Waals surface area contributed by atoms with E-state index >= 15 is 0 Å². The SMILES string of the molecule is COc1ccc(OCCC[NH+]2C[C@H](C)O[C@@H](C)C2)cc1. The molecule has 1 heterocycles. The third-order valence-corrected chi connectivity index (χ3v) is 3.62. The topological polar surface area (TPSA) is 32.1 Å². The second kappa shape index (κ2) is 7.50. The third kappa shape index (κ3) is 4.69. The van der Waals surface area contributed by atoms with E-state index < -0.39 is 0 Å². The molecule has 0 aromatic heterocycles. The summed E-state index contributed by atoms with van der Waals surface area (Å²) in [5.74, 6) is 1.77. The highest BCUT2D eigenvalue weighted by Gasteiger charge is 2.24. The highest BCUT2D eigenvalue weighted by atomic mass is 16.5. The lowest BCUT2D eigenvalue weighted by atomic mass is 10.2. The van der Waals surface area contributed by atoms with Crippen LogP contribution in [-0.4, -0.2) is 45.6 Å². The van der Waals surface area contributed by atoms with Crippen molar-refractivity contribution in [3.05, 3.63) is 24.3 Å². The van der Waals surface area contributed by atoms with Crippen molar-refractivity contribution in [3.63, 3.8) is 0 Å². The number of methoxy groups -OCH3 is 1. The van der Waals surface area contributed by atoms with E-state index in [9.17, 15) is 0 Å². The van der Waals surface area contributed by atoms with Crippen molar-refractivity contribution >= 4 is 0 Å². The summed E-state index contributed by atoms with van der Waals surface area (Å²) < 4.78 is 16.6. The van der Waals surface area contributed by atoms with E-state index in [2.05, 4.69) is 13.8 Å². The molecule has 0 unspecified atom stereocenters. The quantitative estimate of drug-likeness (QED) is 0.794. The maximum absolute atomic E-state index is 5.75. The first-order valence-electron chi connectivity index (χ1n) is 7.43. The number of benzene rings is 1. The minimum Gasteiger partial charge on any atom is -0.497 e. The Morgan fingerprint density at radius 2 is 1.70 bits per heavy atom. The molecular formula is C16H26NO3+. The molecule has 0 aliphatic carbocycles.